The Bertz CT molecular complexity index is 1230. The van der Waals surface area contributed by atoms with E-state index in [0.29, 0.717) is 32.2 Å². The maximum atomic E-state index is 13.3. The summed E-state index contributed by atoms with van der Waals surface area (Å²) in [6, 6.07) is 8.90. The zero-order chi connectivity index (χ0) is 21.3. The average molecular weight is 445 g/mol. The number of thiazole rings is 1. The standard InChI is InChI=1S/C20H14ClFN4O3S/c21-13-5-11(16(28)9-27)8-24-18(13)10-1-3-15(23-7-10)19(29)26-20-25-14-4-2-12(22)6-17(14)30-20/h1-8,16,27-28H,9H2,(H,25,26,29). The number of hydrogen-bond acceptors (Lipinski definition) is 7. The number of benzene rings is 1. The minimum atomic E-state index is -1.06. The number of nitrogens with one attached hydrogen (secondary N) is 1. The minimum absolute atomic E-state index is 0.160. The van der Waals surface area contributed by atoms with Crippen LogP contribution in [0.15, 0.2) is 48.8 Å². The third kappa shape index (κ3) is 4.14. The van der Waals surface area contributed by atoms with Crippen LogP contribution >= 0.6 is 22.9 Å². The Balaban J connectivity index is 1.52. The number of anilines is 1. The van der Waals surface area contributed by atoms with Crippen LogP contribution in [-0.2, 0) is 0 Å². The van der Waals surface area contributed by atoms with E-state index in [1.807, 2.05) is 0 Å². The van der Waals surface area contributed by atoms with E-state index < -0.39 is 18.6 Å². The molecule has 0 aliphatic carbocycles. The Labute approximate surface area is 178 Å². The number of aliphatic hydroxyl groups is 2. The lowest BCUT2D eigenvalue weighted by Crippen LogP contribution is -2.13. The topological polar surface area (TPSA) is 108 Å². The maximum absolute atomic E-state index is 13.3. The van der Waals surface area contributed by atoms with Gasteiger partial charge < -0.3 is 10.2 Å². The number of carbonyl (C=O) groups excluding carboxylic acids is 1. The summed E-state index contributed by atoms with van der Waals surface area (Å²) >= 11 is 7.39. The Hall–Kier alpha value is -2.98. The van der Waals surface area contributed by atoms with Crippen LogP contribution in [0.25, 0.3) is 21.5 Å². The number of hydrogen-bond donors (Lipinski definition) is 3. The Kier molecular flexibility index (Phi) is 5.69. The van der Waals surface area contributed by atoms with Gasteiger partial charge in [-0.1, -0.05) is 22.9 Å². The lowest BCUT2D eigenvalue weighted by atomic mass is 10.1. The summed E-state index contributed by atoms with van der Waals surface area (Å²) in [6.45, 7) is -0.438. The summed E-state index contributed by atoms with van der Waals surface area (Å²) in [5.74, 6) is -0.825. The predicted octanol–water partition coefficient (Wildman–Crippen LogP) is 3.82. The lowest BCUT2D eigenvalue weighted by Gasteiger charge is -2.10. The van der Waals surface area contributed by atoms with Crippen molar-refractivity contribution in [1.82, 2.24) is 15.0 Å². The number of amides is 1. The first kappa shape index (κ1) is 20.3. The SMILES string of the molecule is O=C(Nc1nc2ccc(F)cc2s1)c1ccc(-c2ncc(C(O)CO)cc2Cl)cn1. The van der Waals surface area contributed by atoms with Crippen LogP contribution in [0.5, 0.6) is 0 Å². The van der Waals surface area contributed by atoms with Crippen LogP contribution in [-0.4, -0.2) is 37.7 Å². The molecule has 0 saturated heterocycles. The van der Waals surface area contributed by atoms with Gasteiger partial charge in [0.05, 0.1) is 27.5 Å². The van der Waals surface area contributed by atoms with Gasteiger partial charge in [0, 0.05) is 23.5 Å². The molecule has 3 N–H and O–H groups in total. The molecule has 3 aromatic heterocycles. The van der Waals surface area contributed by atoms with Crippen molar-refractivity contribution in [3.05, 3.63) is 70.9 Å². The van der Waals surface area contributed by atoms with Crippen molar-refractivity contribution in [2.45, 2.75) is 6.10 Å². The quantitative estimate of drug-likeness (QED) is 0.432. The summed E-state index contributed by atoms with van der Waals surface area (Å²) in [6.07, 6.45) is 1.81. The van der Waals surface area contributed by atoms with Crippen molar-refractivity contribution >= 4 is 44.2 Å². The first-order chi connectivity index (χ1) is 14.4. The number of carbonyl (C=O) groups is 1. The molecule has 7 nitrogen and oxygen atoms in total. The fourth-order valence-electron chi connectivity index (χ4n) is 2.73. The number of nitrogens with zero attached hydrogens (tertiary/aromatic N) is 3. The molecule has 0 aliphatic heterocycles. The number of pyridine rings is 2. The lowest BCUT2D eigenvalue weighted by molar-refractivity contribution is 0.0953. The molecule has 1 unspecified atom stereocenters. The smallest absolute Gasteiger partial charge is 0.276 e. The average Bonchev–Trinajstić information content (AvgIpc) is 3.14. The van der Waals surface area contributed by atoms with Crippen LogP contribution in [0.1, 0.15) is 22.2 Å². The molecule has 0 fully saturated rings. The molecule has 4 aromatic rings. The highest BCUT2D eigenvalue weighted by molar-refractivity contribution is 7.22. The van der Waals surface area contributed by atoms with Gasteiger partial charge in [-0.3, -0.25) is 20.1 Å². The molecule has 4 rings (SSSR count). The second-order valence-corrected chi connectivity index (χ2v) is 7.75. The van der Waals surface area contributed by atoms with Gasteiger partial charge in [0.25, 0.3) is 5.91 Å². The van der Waals surface area contributed by atoms with E-state index in [1.54, 1.807) is 12.1 Å². The van der Waals surface area contributed by atoms with E-state index in [2.05, 4.69) is 20.3 Å². The number of halogens is 2. The van der Waals surface area contributed by atoms with E-state index in [-0.39, 0.29) is 16.5 Å². The van der Waals surface area contributed by atoms with Gasteiger partial charge in [0.2, 0.25) is 0 Å². The predicted molar refractivity (Wildman–Crippen MR) is 112 cm³/mol. The molecule has 0 saturated carbocycles. The minimum Gasteiger partial charge on any atom is -0.393 e. The Morgan fingerprint density at radius 2 is 2.03 bits per heavy atom. The zero-order valence-electron chi connectivity index (χ0n) is 15.2. The number of fused-ring (bicyclic) bond motifs is 1. The fraction of sp³-hybridized carbons (Fsp3) is 0.100. The van der Waals surface area contributed by atoms with Gasteiger partial charge in [0.15, 0.2) is 5.13 Å². The van der Waals surface area contributed by atoms with Crippen LogP contribution < -0.4 is 5.32 Å². The maximum Gasteiger partial charge on any atom is 0.276 e. The normalized spacial score (nSPS) is 12.1. The van der Waals surface area contributed by atoms with Crippen molar-refractivity contribution in [1.29, 1.82) is 0 Å². The van der Waals surface area contributed by atoms with E-state index in [1.165, 1.54) is 48.0 Å². The van der Waals surface area contributed by atoms with Crippen molar-refractivity contribution in [3.8, 4) is 11.3 Å². The largest absolute Gasteiger partial charge is 0.393 e. The summed E-state index contributed by atoms with van der Waals surface area (Å²) in [7, 11) is 0. The summed E-state index contributed by atoms with van der Waals surface area (Å²) in [4.78, 5) is 25.1. The first-order valence-corrected chi connectivity index (χ1v) is 9.92. The molecule has 3 heterocycles. The second-order valence-electron chi connectivity index (χ2n) is 6.31. The molecule has 0 bridgehead atoms. The summed E-state index contributed by atoms with van der Waals surface area (Å²) < 4.78 is 13.9. The summed E-state index contributed by atoms with van der Waals surface area (Å²) in [5, 5.41) is 22.0. The zero-order valence-corrected chi connectivity index (χ0v) is 16.8. The molecular formula is C20H14ClFN4O3S. The Morgan fingerprint density at radius 1 is 1.20 bits per heavy atom. The first-order valence-electron chi connectivity index (χ1n) is 8.73. The highest BCUT2D eigenvalue weighted by Gasteiger charge is 2.14. The van der Waals surface area contributed by atoms with Crippen LogP contribution in [0, 0.1) is 5.82 Å². The molecule has 0 aliphatic rings. The van der Waals surface area contributed by atoms with E-state index in [4.69, 9.17) is 16.7 Å². The highest BCUT2D eigenvalue weighted by Crippen LogP contribution is 2.29. The molecule has 0 radical (unpaired) electrons. The molecule has 152 valence electrons. The highest BCUT2D eigenvalue weighted by atomic mass is 35.5. The van der Waals surface area contributed by atoms with E-state index in [0.717, 1.165) is 0 Å². The van der Waals surface area contributed by atoms with Crippen molar-refractivity contribution in [3.63, 3.8) is 0 Å². The summed E-state index contributed by atoms with van der Waals surface area (Å²) in [5.41, 5.74) is 2.16. The monoisotopic (exact) mass is 444 g/mol. The van der Waals surface area contributed by atoms with Gasteiger partial charge in [-0.05, 0) is 36.4 Å². The number of aliphatic hydroxyl groups excluding tert-OH is 2. The van der Waals surface area contributed by atoms with E-state index >= 15 is 0 Å². The van der Waals surface area contributed by atoms with Gasteiger partial charge in [-0.25, -0.2) is 9.37 Å². The van der Waals surface area contributed by atoms with Crippen molar-refractivity contribution < 1.29 is 19.4 Å². The molecule has 1 aromatic carbocycles. The van der Waals surface area contributed by atoms with Crippen molar-refractivity contribution in [2.24, 2.45) is 0 Å². The number of rotatable bonds is 5. The van der Waals surface area contributed by atoms with Crippen LogP contribution in [0.4, 0.5) is 9.52 Å². The number of aromatic nitrogens is 3. The third-order valence-electron chi connectivity index (χ3n) is 4.26. The molecule has 1 amide bonds. The molecule has 0 spiro atoms. The third-order valence-corrected chi connectivity index (χ3v) is 5.48. The molecule has 10 heteroatoms. The molecular weight excluding hydrogens is 431 g/mol. The van der Waals surface area contributed by atoms with Gasteiger partial charge >= 0.3 is 0 Å². The Morgan fingerprint density at radius 3 is 2.73 bits per heavy atom. The fourth-order valence-corrected chi connectivity index (χ4v) is 3.90. The van der Waals surface area contributed by atoms with Gasteiger partial charge in [0.1, 0.15) is 17.6 Å². The van der Waals surface area contributed by atoms with Crippen LogP contribution in [0.2, 0.25) is 5.02 Å². The second kappa shape index (κ2) is 8.41. The van der Waals surface area contributed by atoms with Gasteiger partial charge in [-0.2, -0.15) is 0 Å². The van der Waals surface area contributed by atoms with Crippen LogP contribution in [0.3, 0.4) is 0 Å². The van der Waals surface area contributed by atoms with Crippen molar-refractivity contribution in [2.75, 3.05) is 11.9 Å². The molecule has 30 heavy (non-hydrogen) atoms. The molecule has 1 atom stereocenters. The van der Waals surface area contributed by atoms with E-state index in [9.17, 15) is 14.3 Å². The van der Waals surface area contributed by atoms with Gasteiger partial charge in [-0.15, -0.1) is 0 Å².